The maximum atomic E-state index is 11.9. The topological polar surface area (TPSA) is 180 Å². The van der Waals surface area contributed by atoms with Crippen molar-refractivity contribution in [3.05, 3.63) is 0 Å². The minimum Gasteiger partial charge on any atom is -0.463 e. The predicted molar refractivity (Wildman–Crippen MR) is 136 cm³/mol. The molecule has 0 aromatic carbocycles. The number of esters is 1. The third kappa shape index (κ3) is 16.0. The van der Waals surface area contributed by atoms with E-state index in [2.05, 4.69) is 6.92 Å². The second kappa shape index (κ2) is 19.2. The van der Waals surface area contributed by atoms with Crippen molar-refractivity contribution in [2.75, 3.05) is 19.0 Å². The molecule has 1 aliphatic heterocycles. The minimum atomic E-state index is -4.53. The van der Waals surface area contributed by atoms with Gasteiger partial charge in [0.05, 0.1) is 6.61 Å². The lowest BCUT2D eigenvalue weighted by molar-refractivity contribution is -0.296. The SMILES string of the molecule is CCCCCCCCCCCCCCCC(=O)OCC(O)COC1O[C@H](CS(=O)(=O)O)[C@@H](O)[C@H](O)[C@H]1O. The molecule has 0 amide bonds. The number of hydrogen-bond donors (Lipinski definition) is 5. The molecule has 5 N–H and O–H groups in total. The largest absolute Gasteiger partial charge is 0.463 e. The minimum absolute atomic E-state index is 0.247. The van der Waals surface area contributed by atoms with Crippen molar-refractivity contribution in [3.63, 3.8) is 0 Å². The molecule has 0 radical (unpaired) electrons. The van der Waals surface area contributed by atoms with Crippen LogP contribution in [-0.2, 0) is 29.1 Å². The Balaban J connectivity index is 2.10. The fourth-order valence-corrected chi connectivity index (χ4v) is 4.89. The number of unbranched alkanes of at least 4 members (excludes halogenated alkanes) is 12. The van der Waals surface area contributed by atoms with E-state index in [0.29, 0.717) is 6.42 Å². The van der Waals surface area contributed by atoms with Crippen molar-refractivity contribution >= 4 is 16.1 Å². The molecule has 37 heavy (non-hydrogen) atoms. The first-order chi connectivity index (χ1) is 17.5. The standard InChI is InChI=1S/C25H48O11S/c1-2-3-4-5-6-7-8-9-10-11-12-13-14-15-21(27)34-16-19(26)17-35-25-24(30)23(29)22(28)20(36-25)18-37(31,32)33/h19-20,22-26,28-30H,2-18H2,1H3,(H,31,32,33)/t19?,20-,22-,23+,24-,25?/m1/s1. The number of hydrogen-bond acceptors (Lipinski definition) is 10. The lowest BCUT2D eigenvalue weighted by Gasteiger charge is -2.40. The number of aliphatic hydroxyl groups is 4. The average Bonchev–Trinajstić information content (AvgIpc) is 2.84. The maximum absolute atomic E-state index is 11.9. The quantitative estimate of drug-likeness (QED) is 0.0793. The van der Waals surface area contributed by atoms with Gasteiger partial charge in [-0.2, -0.15) is 8.42 Å². The van der Waals surface area contributed by atoms with Gasteiger partial charge in [0.1, 0.15) is 42.9 Å². The number of carbonyl (C=O) groups is 1. The van der Waals surface area contributed by atoms with Crippen LogP contribution in [-0.4, -0.2) is 95.1 Å². The summed E-state index contributed by atoms with van der Waals surface area (Å²) in [5.74, 6) is -1.46. The smallest absolute Gasteiger partial charge is 0.305 e. The van der Waals surface area contributed by atoms with Crippen LogP contribution in [0.3, 0.4) is 0 Å². The molecule has 2 unspecified atom stereocenters. The molecule has 0 spiro atoms. The monoisotopic (exact) mass is 556 g/mol. The number of ether oxygens (including phenoxy) is 3. The summed E-state index contributed by atoms with van der Waals surface area (Å²) in [5.41, 5.74) is 0. The van der Waals surface area contributed by atoms with Crippen LogP contribution in [0.2, 0.25) is 0 Å². The van der Waals surface area contributed by atoms with E-state index < -0.39 is 65.3 Å². The van der Waals surface area contributed by atoms with Crippen molar-refractivity contribution in [1.29, 1.82) is 0 Å². The highest BCUT2D eigenvalue weighted by molar-refractivity contribution is 7.85. The summed E-state index contributed by atoms with van der Waals surface area (Å²) in [4.78, 5) is 11.9. The van der Waals surface area contributed by atoms with E-state index >= 15 is 0 Å². The molecular formula is C25H48O11S. The van der Waals surface area contributed by atoms with Crippen LogP contribution >= 0.6 is 0 Å². The molecule has 220 valence electrons. The summed E-state index contributed by atoms with van der Waals surface area (Å²) in [7, 11) is -4.53. The summed E-state index contributed by atoms with van der Waals surface area (Å²) in [5, 5.41) is 39.7. The molecule has 0 bridgehead atoms. The number of rotatable bonds is 21. The summed E-state index contributed by atoms with van der Waals surface area (Å²) >= 11 is 0. The molecule has 12 heteroatoms. The van der Waals surface area contributed by atoms with E-state index in [0.717, 1.165) is 19.3 Å². The normalized spacial score (nSPS) is 25.2. The second-order valence-electron chi connectivity index (χ2n) is 9.93. The Labute approximate surface area is 221 Å². The molecule has 1 fully saturated rings. The predicted octanol–water partition coefficient (Wildman–Crippen LogP) is 2.08. The van der Waals surface area contributed by atoms with E-state index in [-0.39, 0.29) is 13.0 Å². The van der Waals surface area contributed by atoms with Crippen LogP contribution in [0, 0.1) is 0 Å². The third-order valence-electron chi connectivity index (χ3n) is 6.42. The molecule has 1 aliphatic rings. The fraction of sp³-hybridized carbons (Fsp3) is 0.960. The van der Waals surface area contributed by atoms with Crippen molar-refractivity contribution in [2.45, 2.75) is 134 Å². The molecular weight excluding hydrogens is 508 g/mol. The molecule has 6 atom stereocenters. The van der Waals surface area contributed by atoms with Crippen molar-refractivity contribution in [3.8, 4) is 0 Å². The average molecular weight is 557 g/mol. The van der Waals surface area contributed by atoms with Crippen LogP contribution in [0.4, 0.5) is 0 Å². The first-order valence-corrected chi connectivity index (χ1v) is 15.3. The van der Waals surface area contributed by atoms with Gasteiger partial charge < -0.3 is 34.6 Å². The Kier molecular flexibility index (Phi) is 17.8. The number of carbonyl (C=O) groups excluding carboxylic acids is 1. The molecule has 1 rings (SSSR count). The van der Waals surface area contributed by atoms with Gasteiger partial charge in [-0.15, -0.1) is 0 Å². The van der Waals surface area contributed by atoms with Gasteiger partial charge in [-0.1, -0.05) is 84.0 Å². The molecule has 0 saturated carbocycles. The molecule has 1 saturated heterocycles. The van der Waals surface area contributed by atoms with Crippen LogP contribution in [0.25, 0.3) is 0 Å². The zero-order chi connectivity index (χ0) is 27.7. The summed E-state index contributed by atoms with van der Waals surface area (Å²) in [6.07, 6.45) is 6.23. The Morgan fingerprint density at radius 1 is 0.811 bits per heavy atom. The zero-order valence-electron chi connectivity index (χ0n) is 22.1. The Morgan fingerprint density at radius 2 is 1.32 bits per heavy atom. The maximum Gasteiger partial charge on any atom is 0.305 e. The van der Waals surface area contributed by atoms with E-state index in [1.165, 1.54) is 57.8 Å². The van der Waals surface area contributed by atoms with Crippen LogP contribution < -0.4 is 0 Å². The fourth-order valence-electron chi connectivity index (χ4n) is 4.20. The van der Waals surface area contributed by atoms with Gasteiger partial charge in [-0.05, 0) is 6.42 Å². The zero-order valence-corrected chi connectivity index (χ0v) is 22.9. The van der Waals surface area contributed by atoms with E-state index in [4.69, 9.17) is 18.8 Å². The highest BCUT2D eigenvalue weighted by Gasteiger charge is 2.45. The third-order valence-corrected chi connectivity index (χ3v) is 7.17. The molecule has 1 heterocycles. The van der Waals surface area contributed by atoms with Gasteiger partial charge in [0, 0.05) is 6.42 Å². The Bertz CT molecular complexity index is 703. The van der Waals surface area contributed by atoms with E-state index in [1.54, 1.807) is 0 Å². The van der Waals surface area contributed by atoms with Crippen molar-refractivity contribution < 1.29 is 52.4 Å². The van der Waals surface area contributed by atoms with Gasteiger partial charge in [-0.3, -0.25) is 9.35 Å². The first-order valence-electron chi connectivity index (χ1n) is 13.6. The van der Waals surface area contributed by atoms with E-state index in [1.807, 2.05) is 0 Å². The molecule has 11 nitrogen and oxygen atoms in total. The molecule has 0 aromatic rings. The van der Waals surface area contributed by atoms with E-state index in [9.17, 15) is 33.6 Å². The van der Waals surface area contributed by atoms with Crippen LogP contribution in [0.5, 0.6) is 0 Å². The molecule has 0 aromatic heterocycles. The second-order valence-corrected chi connectivity index (χ2v) is 11.4. The van der Waals surface area contributed by atoms with Gasteiger partial charge in [-0.25, -0.2) is 0 Å². The Morgan fingerprint density at radius 3 is 1.84 bits per heavy atom. The highest BCUT2D eigenvalue weighted by atomic mass is 32.2. The summed E-state index contributed by atoms with van der Waals surface area (Å²) < 4.78 is 46.4. The van der Waals surface area contributed by atoms with Crippen molar-refractivity contribution in [2.24, 2.45) is 0 Å². The molecule has 0 aliphatic carbocycles. The van der Waals surface area contributed by atoms with Crippen LogP contribution in [0.15, 0.2) is 0 Å². The van der Waals surface area contributed by atoms with Crippen molar-refractivity contribution in [1.82, 2.24) is 0 Å². The highest BCUT2D eigenvalue weighted by Crippen LogP contribution is 2.23. The van der Waals surface area contributed by atoms with Crippen LogP contribution in [0.1, 0.15) is 96.8 Å². The Hall–Kier alpha value is -0.860. The van der Waals surface area contributed by atoms with Gasteiger partial charge in [0.25, 0.3) is 10.1 Å². The van der Waals surface area contributed by atoms with Gasteiger partial charge >= 0.3 is 5.97 Å². The summed E-state index contributed by atoms with van der Waals surface area (Å²) in [6, 6.07) is 0. The lowest BCUT2D eigenvalue weighted by atomic mass is 10.00. The number of aliphatic hydroxyl groups excluding tert-OH is 4. The summed E-state index contributed by atoms with van der Waals surface area (Å²) in [6.45, 7) is 1.43. The lowest BCUT2D eigenvalue weighted by Crippen LogP contribution is -2.60. The van der Waals surface area contributed by atoms with Gasteiger partial charge in [0.2, 0.25) is 0 Å². The first kappa shape index (κ1) is 34.2. The van der Waals surface area contributed by atoms with Gasteiger partial charge in [0.15, 0.2) is 6.29 Å².